The number of nitrogens with zero attached hydrogens (tertiary/aromatic N) is 1. The average Bonchev–Trinajstić information content (AvgIpc) is 3.18. The lowest BCUT2D eigenvalue weighted by Gasteiger charge is -2.51. The van der Waals surface area contributed by atoms with Gasteiger partial charge >= 0.3 is 0 Å². The van der Waals surface area contributed by atoms with Crippen LogP contribution in [-0.2, 0) is 21.9 Å². The normalized spacial score (nSPS) is 35.0. The van der Waals surface area contributed by atoms with Crippen molar-refractivity contribution in [1.82, 2.24) is 4.72 Å². The average molecular weight is 717 g/mol. The third-order valence-electron chi connectivity index (χ3n) is 11.3. The van der Waals surface area contributed by atoms with Gasteiger partial charge in [-0.2, -0.15) is 0 Å². The zero-order chi connectivity index (χ0) is 33.0. The van der Waals surface area contributed by atoms with Gasteiger partial charge in [-0.15, -0.1) is 23.5 Å². The molecule has 1 saturated heterocycles. The number of thioether (sulfide) groups is 2. The zero-order valence-electron chi connectivity index (χ0n) is 27.1. The van der Waals surface area contributed by atoms with Gasteiger partial charge in [0.25, 0.3) is 5.91 Å². The number of halogens is 1. The van der Waals surface area contributed by atoms with Crippen molar-refractivity contribution in [3.63, 3.8) is 0 Å². The van der Waals surface area contributed by atoms with E-state index in [2.05, 4.69) is 21.8 Å². The SMILES string of the molecule is C[C@@H]1CS(=O)(=O)NC(=O)c2ccc3c(c2)N(C[C@@H]2CC[C@H]2[C@](O)(C2SCCCS2)/C=C\[C@@H]1C)C[C@@]1(CCCc2cc(Cl)ccc21)CO3. The molecule has 6 atom stereocenters. The van der Waals surface area contributed by atoms with E-state index >= 15 is 0 Å². The largest absolute Gasteiger partial charge is 0.490 e. The Balaban J connectivity index is 1.32. The third kappa shape index (κ3) is 6.58. The third-order valence-corrected chi connectivity index (χ3v) is 16.2. The standard InChI is InChI=1S/C36H45ClN2O5S3/c1-23-12-14-36(41,34-45-15-4-16-46-34)30-9-6-27(30)19-39-21-35(13-3-5-25-17-28(37)8-10-29(25)35)22-44-32-11-7-26(18-31(32)39)33(40)38-47(42,43)20-24(23)2/h7-8,10-12,14,17-18,23-24,27,30,34,41H,3-6,9,13,15-16,19-22H2,1-2H3,(H,38,40)/b14-12-/t23-,24+,27-,30+,35-,36-/m0/s1. The highest BCUT2D eigenvalue weighted by Crippen LogP contribution is 2.53. The number of aliphatic hydroxyl groups is 1. The van der Waals surface area contributed by atoms with Gasteiger partial charge < -0.3 is 14.7 Å². The van der Waals surface area contributed by atoms with Gasteiger partial charge in [-0.05, 0) is 115 Å². The fourth-order valence-corrected chi connectivity index (χ4v) is 13.2. The summed E-state index contributed by atoms with van der Waals surface area (Å²) in [6.45, 7) is 5.79. The number of hydrogen-bond acceptors (Lipinski definition) is 8. The molecule has 7 rings (SSSR count). The number of benzene rings is 2. The lowest BCUT2D eigenvalue weighted by atomic mass is 9.64. The summed E-state index contributed by atoms with van der Waals surface area (Å²) in [5, 5.41) is 13.4. The molecule has 0 radical (unpaired) electrons. The van der Waals surface area contributed by atoms with Gasteiger partial charge in [-0.1, -0.05) is 43.7 Å². The summed E-state index contributed by atoms with van der Waals surface area (Å²) in [7, 11) is -3.91. The summed E-state index contributed by atoms with van der Waals surface area (Å²) >= 11 is 10.2. The number of fused-ring (bicyclic) bond motifs is 4. The molecule has 1 spiro atoms. The molecule has 2 aromatic carbocycles. The van der Waals surface area contributed by atoms with Crippen LogP contribution in [0.3, 0.4) is 0 Å². The van der Waals surface area contributed by atoms with Crippen LogP contribution < -0.4 is 14.4 Å². The van der Waals surface area contributed by atoms with Gasteiger partial charge in [-0.25, -0.2) is 13.1 Å². The van der Waals surface area contributed by atoms with E-state index in [1.807, 2.05) is 61.7 Å². The summed E-state index contributed by atoms with van der Waals surface area (Å²) in [5.74, 6) is 1.87. The van der Waals surface area contributed by atoms with Crippen LogP contribution in [0.5, 0.6) is 5.75 Å². The molecule has 0 unspecified atom stereocenters. The summed E-state index contributed by atoms with van der Waals surface area (Å²) < 4.78 is 35.5. The number of carbonyl (C=O) groups is 1. The van der Waals surface area contributed by atoms with Gasteiger partial charge in [0.15, 0.2) is 0 Å². The van der Waals surface area contributed by atoms with E-state index in [4.69, 9.17) is 16.3 Å². The maximum Gasteiger partial charge on any atom is 0.264 e. The Hall–Kier alpha value is -1.85. The minimum absolute atomic E-state index is 0.0254. The maximum atomic E-state index is 13.4. The van der Waals surface area contributed by atoms with Crippen molar-refractivity contribution in [3.8, 4) is 5.75 Å². The Kier molecular flexibility index (Phi) is 9.39. The van der Waals surface area contributed by atoms with Crippen LogP contribution in [0.25, 0.3) is 0 Å². The molecule has 3 heterocycles. The molecular weight excluding hydrogens is 672 g/mol. The fraction of sp³-hybridized carbons (Fsp3) is 0.583. The van der Waals surface area contributed by atoms with Gasteiger partial charge in [0, 0.05) is 29.1 Å². The number of allylic oxidation sites excluding steroid dienone is 1. The second-order valence-electron chi connectivity index (χ2n) is 14.5. The molecule has 2 aromatic rings. The number of rotatable bonds is 1. The number of sulfonamides is 1. The molecule has 2 aliphatic carbocycles. The molecule has 254 valence electrons. The number of aryl methyl sites for hydroxylation is 1. The molecule has 0 aromatic heterocycles. The van der Waals surface area contributed by atoms with Crippen molar-refractivity contribution >= 4 is 56.7 Å². The summed E-state index contributed by atoms with van der Waals surface area (Å²) in [4.78, 5) is 15.8. The minimum Gasteiger partial charge on any atom is -0.490 e. The lowest BCUT2D eigenvalue weighted by Crippen LogP contribution is -2.55. The molecule has 2 bridgehead atoms. The predicted octanol–water partition coefficient (Wildman–Crippen LogP) is 6.67. The number of carbonyl (C=O) groups excluding carboxylic acids is 1. The van der Waals surface area contributed by atoms with E-state index in [1.165, 1.54) is 11.1 Å². The Bertz CT molecular complexity index is 1660. The summed E-state index contributed by atoms with van der Waals surface area (Å²) in [5.41, 5.74) is 2.31. The monoisotopic (exact) mass is 716 g/mol. The van der Waals surface area contributed by atoms with E-state index in [0.717, 1.165) is 60.7 Å². The lowest BCUT2D eigenvalue weighted by molar-refractivity contribution is -0.0335. The Morgan fingerprint density at radius 1 is 1.09 bits per heavy atom. The molecule has 11 heteroatoms. The van der Waals surface area contributed by atoms with E-state index in [1.54, 1.807) is 12.1 Å². The van der Waals surface area contributed by atoms with Gasteiger partial charge in [0.2, 0.25) is 10.0 Å². The smallest absolute Gasteiger partial charge is 0.264 e. The van der Waals surface area contributed by atoms with E-state index in [0.29, 0.717) is 25.4 Å². The van der Waals surface area contributed by atoms with Crippen LogP contribution in [0.2, 0.25) is 5.02 Å². The number of ether oxygens (including phenoxy) is 1. The number of nitrogens with one attached hydrogen (secondary N) is 1. The quantitative estimate of drug-likeness (QED) is 0.316. The second-order valence-corrected chi connectivity index (χ2v) is 19.4. The van der Waals surface area contributed by atoms with Crippen molar-refractivity contribution in [3.05, 3.63) is 70.3 Å². The molecule has 3 aliphatic heterocycles. The topological polar surface area (TPSA) is 95.9 Å². The highest BCUT2D eigenvalue weighted by atomic mass is 35.5. The Labute approximate surface area is 292 Å². The molecule has 2 fully saturated rings. The second kappa shape index (κ2) is 13.1. The van der Waals surface area contributed by atoms with Gasteiger partial charge in [0.1, 0.15) is 11.4 Å². The van der Waals surface area contributed by atoms with E-state index in [9.17, 15) is 18.3 Å². The summed E-state index contributed by atoms with van der Waals surface area (Å²) in [6, 6.07) is 11.5. The van der Waals surface area contributed by atoms with Crippen LogP contribution >= 0.6 is 35.1 Å². The summed E-state index contributed by atoms with van der Waals surface area (Å²) in [6.07, 6.45) is 10.1. The molecule has 47 heavy (non-hydrogen) atoms. The van der Waals surface area contributed by atoms with Crippen molar-refractivity contribution < 1.29 is 23.1 Å². The molecule has 1 amide bonds. The molecular formula is C36H45ClN2O5S3. The van der Waals surface area contributed by atoms with Crippen molar-refractivity contribution in [2.45, 2.75) is 68.0 Å². The first-order valence-corrected chi connectivity index (χ1v) is 21.1. The van der Waals surface area contributed by atoms with Crippen LogP contribution in [0.15, 0.2) is 48.6 Å². The van der Waals surface area contributed by atoms with Crippen molar-refractivity contribution in [1.29, 1.82) is 0 Å². The number of amides is 1. The fourth-order valence-electron chi connectivity index (χ4n) is 8.30. The van der Waals surface area contributed by atoms with Gasteiger partial charge in [-0.3, -0.25) is 4.79 Å². The Morgan fingerprint density at radius 3 is 2.66 bits per heavy atom. The number of hydrogen-bond donors (Lipinski definition) is 2. The van der Waals surface area contributed by atoms with E-state index in [-0.39, 0.29) is 45.0 Å². The van der Waals surface area contributed by atoms with Crippen molar-refractivity contribution in [2.75, 3.05) is 41.9 Å². The Morgan fingerprint density at radius 2 is 1.89 bits per heavy atom. The van der Waals surface area contributed by atoms with Crippen LogP contribution in [0, 0.1) is 23.7 Å². The molecule has 2 N–H and O–H groups in total. The minimum atomic E-state index is -3.91. The first-order valence-electron chi connectivity index (χ1n) is 17.0. The molecule has 1 saturated carbocycles. The zero-order valence-corrected chi connectivity index (χ0v) is 30.3. The van der Waals surface area contributed by atoms with Crippen molar-refractivity contribution in [2.24, 2.45) is 23.7 Å². The number of anilines is 1. The highest BCUT2D eigenvalue weighted by molar-refractivity contribution is 8.17. The first kappa shape index (κ1) is 33.6. The van der Waals surface area contributed by atoms with Crippen LogP contribution in [0.4, 0.5) is 5.69 Å². The van der Waals surface area contributed by atoms with Gasteiger partial charge in [0.05, 0.1) is 22.6 Å². The molecule has 7 nitrogen and oxygen atoms in total. The molecule has 5 aliphatic rings. The highest BCUT2D eigenvalue weighted by Gasteiger charge is 2.52. The van der Waals surface area contributed by atoms with Crippen LogP contribution in [-0.4, -0.2) is 66.6 Å². The predicted molar refractivity (Wildman–Crippen MR) is 193 cm³/mol. The van der Waals surface area contributed by atoms with E-state index < -0.39 is 21.5 Å². The maximum absolute atomic E-state index is 13.4. The van der Waals surface area contributed by atoms with Crippen LogP contribution in [0.1, 0.15) is 67.4 Å². The first-order chi connectivity index (χ1) is 22.5.